The van der Waals surface area contributed by atoms with Crippen molar-refractivity contribution in [1.82, 2.24) is 20.9 Å². The summed E-state index contributed by atoms with van der Waals surface area (Å²) in [7, 11) is 0. The average Bonchev–Trinajstić information content (AvgIpc) is 2.86. The molecule has 1 aromatic carbocycles. The van der Waals surface area contributed by atoms with Gasteiger partial charge >= 0.3 is 0 Å². The van der Waals surface area contributed by atoms with Crippen LogP contribution in [0.5, 0.6) is 0 Å². The van der Waals surface area contributed by atoms with Crippen LogP contribution < -0.4 is 16.0 Å². The number of piperidine rings is 2. The highest BCUT2D eigenvalue weighted by molar-refractivity contribution is 6.22. The Balaban J connectivity index is 1.54. The molecule has 2 saturated heterocycles. The number of nitrogens with zero attached hydrogens (tertiary/aromatic N) is 1. The van der Waals surface area contributed by atoms with Crippen molar-refractivity contribution >= 4 is 17.7 Å². The largest absolute Gasteiger partial charge is 0.349 e. The van der Waals surface area contributed by atoms with Crippen molar-refractivity contribution in [3.8, 4) is 0 Å². The zero-order chi connectivity index (χ0) is 25.3. The van der Waals surface area contributed by atoms with Crippen molar-refractivity contribution in [2.45, 2.75) is 115 Å². The molecule has 186 valence electrons. The highest BCUT2D eigenvalue weighted by Crippen LogP contribution is 2.36. The number of carbonyl (C=O) groups is 3. The Morgan fingerprint density at radius 2 is 1.26 bits per heavy atom. The predicted molar refractivity (Wildman–Crippen MR) is 133 cm³/mol. The molecule has 3 aliphatic heterocycles. The summed E-state index contributed by atoms with van der Waals surface area (Å²) in [5.74, 6) is -0.756. The second-order valence-corrected chi connectivity index (χ2v) is 13.2. The summed E-state index contributed by atoms with van der Waals surface area (Å²) in [6, 6.07) is 4.74. The van der Waals surface area contributed by atoms with E-state index in [-0.39, 0.29) is 52.0 Å². The molecular formula is C27H40N4O3. The number of imide groups is 1. The molecule has 3 aliphatic rings. The third-order valence-electron chi connectivity index (χ3n) is 7.24. The van der Waals surface area contributed by atoms with Gasteiger partial charge in [-0.3, -0.25) is 19.3 Å². The second-order valence-electron chi connectivity index (χ2n) is 13.2. The van der Waals surface area contributed by atoms with Gasteiger partial charge in [0.2, 0.25) is 0 Å². The van der Waals surface area contributed by atoms with Gasteiger partial charge in [0.1, 0.15) is 0 Å². The van der Waals surface area contributed by atoms with E-state index in [1.54, 1.807) is 18.2 Å². The first-order chi connectivity index (χ1) is 15.5. The lowest BCUT2D eigenvalue weighted by Gasteiger charge is -2.48. The Hall–Kier alpha value is -2.25. The van der Waals surface area contributed by atoms with E-state index < -0.39 is 0 Å². The van der Waals surface area contributed by atoms with Crippen LogP contribution in [0.15, 0.2) is 18.2 Å². The van der Waals surface area contributed by atoms with Crippen molar-refractivity contribution in [2.75, 3.05) is 0 Å². The first-order valence-corrected chi connectivity index (χ1v) is 12.4. The molecule has 34 heavy (non-hydrogen) atoms. The van der Waals surface area contributed by atoms with Crippen LogP contribution in [0.25, 0.3) is 0 Å². The normalized spacial score (nSPS) is 25.8. The molecule has 1 aromatic rings. The Labute approximate surface area is 203 Å². The quantitative estimate of drug-likeness (QED) is 0.590. The van der Waals surface area contributed by atoms with E-state index in [0.29, 0.717) is 29.5 Å². The Morgan fingerprint density at radius 1 is 0.794 bits per heavy atom. The topological polar surface area (TPSA) is 90.5 Å². The third kappa shape index (κ3) is 4.91. The van der Waals surface area contributed by atoms with Crippen molar-refractivity contribution in [2.24, 2.45) is 0 Å². The molecule has 0 atom stereocenters. The van der Waals surface area contributed by atoms with Gasteiger partial charge in [-0.1, -0.05) is 0 Å². The number of fused-ring (bicyclic) bond motifs is 1. The van der Waals surface area contributed by atoms with Gasteiger partial charge in [0.05, 0.1) is 11.1 Å². The molecule has 7 heteroatoms. The van der Waals surface area contributed by atoms with Crippen molar-refractivity contribution < 1.29 is 14.4 Å². The van der Waals surface area contributed by atoms with Gasteiger partial charge in [0, 0.05) is 39.8 Å². The maximum Gasteiger partial charge on any atom is 0.261 e. The minimum atomic E-state index is -0.294. The first kappa shape index (κ1) is 24.9. The fourth-order valence-electron chi connectivity index (χ4n) is 6.88. The monoisotopic (exact) mass is 468 g/mol. The highest BCUT2D eigenvalue weighted by atomic mass is 16.2. The Kier molecular flexibility index (Phi) is 5.77. The minimum absolute atomic E-state index is 0.0278. The summed E-state index contributed by atoms with van der Waals surface area (Å²) in [6.07, 6.45) is 3.02. The van der Waals surface area contributed by atoms with Crippen molar-refractivity contribution in [3.05, 3.63) is 34.9 Å². The van der Waals surface area contributed by atoms with Crippen LogP contribution in [0.1, 0.15) is 112 Å². The SMILES string of the molecule is CC1(C)CC(NC(=O)c2ccc3c(c2)C(=O)N(C2CC(C)(C)NC(C)(C)C2)C3=O)CC(C)(C)N1. The molecule has 0 unspecified atom stereocenters. The van der Waals surface area contributed by atoms with Gasteiger partial charge in [-0.25, -0.2) is 0 Å². The summed E-state index contributed by atoms with van der Waals surface area (Å²) in [4.78, 5) is 41.2. The number of nitrogens with one attached hydrogen (secondary N) is 3. The van der Waals surface area contributed by atoms with E-state index in [1.165, 1.54) is 4.90 Å². The van der Waals surface area contributed by atoms with E-state index in [4.69, 9.17) is 0 Å². The fourth-order valence-corrected chi connectivity index (χ4v) is 6.88. The number of carbonyl (C=O) groups excluding carboxylic acids is 3. The van der Waals surface area contributed by atoms with Crippen LogP contribution in [-0.4, -0.2) is 56.9 Å². The van der Waals surface area contributed by atoms with Crippen LogP contribution in [-0.2, 0) is 0 Å². The number of rotatable bonds is 3. The van der Waals surface area contributed by atoms with Crippen LogP contribution in [0, 0.1) is 0 Å². The number of benzene rings is 1. The van der Waals surface area contributed by atoms with Crippen molar-refractivity contribution in [3.63, 3.8) is 0 Å². The maximum atomic E-state index is 13.4. The summed E-state index contributed by atoms with van der Waals surface area (Å²) < 4.78 is 0. The van der Waals surface area contributed by atoms with E-state index in [9.17, 15) is 14.4 Å². The van der Waals surface area contributed by atoms with E-state index >= 15 is 0 Å². The van der Waals surface area contributed by atoms with Crippen LogP contribution in [0.4, 0.5) is 0 Å². The standard InChI is InChI=1S/C27H40N4O3/c1-24(2)12-17(13-25(3,4)29-24)28-21(32)16-9-10-19-20(11-16)23(34)31(22(19)33)18-14-26(5,6)30-27(7,8)15-18/h9-11,17-18,29-30H,12-15H2,1-8H3,(H,28,32). The molecule has 7 nitrogen and oxygen atoms in total. The summed E-state index contributed by atoms with van der Waals surface area (Å²) >= 11 is 0. The van der Waals surface area contributed by atoms with Gasteiger partial charge in [-0.15, -0.1) is 0 Å². The van der Waals surface area contributed by atoms with E-state index in [2.05, 4.69) is 71.3 Å². The number of hydrogen-bond donors (Lipinski definition) is 3. The first-order valence-electron chi connectivity index (χ1n) is 12.4. The Bertz CT molecular complexity index is 1010. The molecule has 0 aromatic heterocycles. The highest BCUT2D eigenvalue weighted by Gasteiger charge is 2.47. The predicted octanol–water partition coefficient (Wildman–Crippen LogP) is 3.63. The number of amides is 3. The van der Waals surface area contributed by atoms with Gasteiger partial charge in [-0.2, -0.15) is 0 Å². The minimum Gasteiger partial charge on any atom is -0.349 e. The maximum absolute atomic E-state index is 13.4. The molecule has 3 N–H and O–H groups in total. The van der Waals surface area contributed by atoms with Gasteiger partial charge in [-0.05, 0) is 99.3 Å². The van der Waals surface area contributed by atoms with Crippen molar-refractivity contribution in [1.29, 1.82) is 0 Å². The fraction of sp³-hybridized carbons (Fsp3) is 0.667. The second kappa shape index (κ2) is 7.89. The summed E-state index contributed by atoms with van der Waals surface area (Å²) in [5.41, 5.74) is 0.583. The van der Waals surface area contributed by atoms with Crippen LogP contribution in [0.3, 0.4) is 0 Å². The molecule has 0 radical (unpaired) electrons. The zero-order valence-electron chi connectivity index (χ0n) is 21.9. The lowest BCUT2D eigenvalue weighted by molar-refractivity contribution is 0.0412. The molecule has 3 heterocycles. The molecule has 2 fully saturated rings. The lowest BCUT2D eigenvalue weighted by Crippen LogP contribution is -2.62. The molecule has 4 rings (SSSR count). The molecular weight excluding hydrogens is 428 g/mol. The smallest absolute Gasteiger partial charge is 0.261 e. The average molecular weight is 469 g/mol. The van der Waals surface area contributed by atoms with E-state index in [0.717, 1.165) is 12.8 Å². The van der Waals surface area contributed by atoms with Crippen LogP contribution >= 0.6 is 0 Å². The van der Waals surface area contributed by atoms with Crippen LogP contribution in [0.2, 0.25) is 0 Å². The number of hydrogen-bond acceptors (Lipinski definition) is 5. The lowest BCUT2D eigenvalue weighted by atomic mass is 9.79. The van der Waals surface area contributed by atoms with E-state index in [1.807, 2.05) is 0 Å². The van der Waals surface area contributed by atoms with Gasteiger partial charge in [0.15, 0.2) is 0 Å². The molecule has 0 spiro atoms. The Morgan fingerprint density at radius 3 is 1.79 bits per heavy atom. The summed E-state index contributed by atoms with van der Waals surface area (Å²) in [6.45, 7) is 17.0. The molecule has 0 bridgehead atoms. The zero-order valence-corrected chi connectivity index (χ0v) is 21.9. The molecule has 0 aliphatic carbocycles. The third-order valence-corrected chi connectivity index (χ3v) is 7.24. The van der Waals surface area contributed by atoms with Gasteiger partial charge < -0.3 is 16.0 Å². The molecule has 0 saturated carbocycles. The molecule has 3 amide bonds. The van der Waals surface area contributed by atoms with Gasteiger partial charge in [0.25, 0.3) is 17.7 Å². The summed E-state index contributed by atoms with van der Waals surface area (Å²) in [5, 5.41) is 10.4.